The normalized spacial score (nSPS) is 21.3. The minimum Gasteiger partial charge on any atom is -0.468 e. The highest BCUT2D eigenvalue weighted by Gasteiger charge is 2.29. The van der Waals surface area contributed by atoms with Gasteiger partial charge in [-0.05, 0) is 30.9 Å². The largest absolute Gasteiger partial charge is 0.468 e. The van der Waals surface area contributed by atoms with Crippen molar-refractivity contribution in [1.82, 2.24) is 0 Å². The lowest BCUT2D eigenvalue weighted by Crippen LogP contribution is -2.22. The SMILES string of the molecule is CC1(C)CCCc2ccoc21. The van der Waals surface area contributed by atoms with E-state index in [0.29, 0.717) is 0 Å². The first-order valence-corrected chi connectivity index (χ1v) is 4.27. The van der Waals surface area contributed by atoms with Gasteiger partial charge in [0.1, 0.15) is 5.76 Å². The zero-order valence-electron chi connectivity index (χ0n) is 7.18. The average Bonchev–Trinajstić information content (AvgIpc) is 2.34. The quantitative estimate of drug-likeness (QED) is 0.554. The molecular weight excluding hydrogens is 136 g/mol. The Labute approximate surface area is 67.4 Å². The van der Waals surface area contributed by atoms with Crippen LogP contribution in [0.15, 0.2) is 16.7 Å². The van der Waals surface area contributed by atoms with Crippen molar-refractivity contribution in [2.24, 2.45) is 0 Å². The molecule has 1 aliphatic carbocycles. The van der Waals surface area contributed by atoms with E-state index < -0.39 is 0 Å². The van der Waals surface area contributed by atoms with Gasteiger partial charge in [0.25, 0.3) is 0 Å². The highest BCUT2D eigenvalue weighted by Crippen LogP contribution is 2.36. The van der Waals surface area contributed by atoms with Crippen molar-refractivity contribution in [2.75, 3.05) is 0 Å². The third kappa shape index (κ3) is 0.991. The molecule has 0 unspecified atom stereocenters. The first-order valence-electron chi connectivity index (χ1n) is 4.27. The van der Waals surface area contributed by atoms with Gasteiger partial charge in [0.2, 0.25) is 0 Å². The molecule has 1 aromatic rings. The molecule has 1 aliphatic rings. The Hall–Kier alpha value is -0.720. The Morgan fingerprint density at radius 3 is 3.00 bits per heavy atom. The van der Waals surface area contributed by atoms with E-state index in [1.807, 2.05) is 6.26 Å². The number of hydrogen-bond donors (Lipinski definition) is 0. The van der Waals surface area contributed by atoms with Crippen LogP contribution < -0.4 is 0 Å². The van der Waals surface area contributed by atoms with Crippen LogP contribution in [0.5, 0.6) is 0 Å². The van der Waals surface area contributed by atoms with Crippen molar-refractivity contribution >= 4 is 0 Å². The molecule has 1 nitrogen and oxygen atoms in total. The number of aryl methyl sites for hydroxylation is 1. The van der Waals surface area contributed by atoms with Crippen LogP contribution in [0.3, 0.4) is 0 Å². The topological polar surface area (TPSA) is 13.1 Å². The van der Waals surface area contributed by atoms with E-state index in [2.05, 4.69) is 19.9 Å². The fraction of sp³-hybridized carbons (Fsp3) is 0.600. The van der Waals surface area contributed by atoms with Crippen molar-refractivity contribution in [3.8, 4) is 0 Å². The predicted molar refractivity (Wildman–Crippen MR) is 44.7 cm³/mol. The zero-order chi connectivity index (χ0) is 7.90. The number of furan rings is 1. The van der Waals surface area contributed by atoms with Crippen molar-refractivity contribution in [2.45, 2.75) is 38.5 Å². The minimum atomic E-state index is 0.275. The molecule has 0 aliphatic heterocycles. The van der Waals surface area contributed by atoms with E-state index in [1.54, 1.807) is 0 Å². The first kappa shape index (κ1) is 6.96. The molecule has 11 heavy (non-hydrogen) atoms. The summed E-state index contributed by atoms with van der Waals surface area (Å²) in [7, 11) is 0. The first-order chi connectivity index (χ1) is 5.20. The maximum Gasteiger partial charge on any atom is 0.112 e. The lowest BCUT2D eigenvalue weighted by molar-refractivity contribution is 0.335. The van der Waals surface area contributed by atoms with Gasteiger partial charge in [0.05, 0.1) is 6.26 Å². The van der Waals surface area contributed by atoms with Crippen molar-refractivity contribution in [3.63, 3.8) is 0 Å². The van der Waals surface area contributed by atoms with Crippen LogP contribution in [0, 0.1) is 0 Å². The molecule has 1 aromatic heterocycles. The molecule has 0 N–H and O–H groups in total. The van der Waals surface area contributed by atoms with E-state index in [9.17, 15) is 0 Å². The van der Waals surface area contributed by atoms with E-state index >= 15 is 0 Å². The van der Waals surface area contributed by atoms with E-state index in [0.717, 1.165) is 0 Å². The predicted octanol–water partition coefficient (Wildman–Crippen LogP) is 2.89. The highest BCUT2D eigenvalue weighted by atomic mass is 16.3. The summed E-state index contributed by atoms with van der Waals surface area (Å²) >= 11 is 0. The third-order valence-corrected chi connectivity index (χ3v) is 2.61. The molecule has 0 bridgehead atoms. The van der Waals surface area contributed by atoms with Gasteiger partial charge in [-0.1, -0.05) is 13.8 Å². The number of rotatable bonds is 0. The second kappa shape index (κ2) is 2.13. The van der Waals surface area contributed by atoms with Crippen molar-refractivity contribution in [3.05, 3.63) is 23.7 Å². The summed E-state index contributed by atoms with van der Waals surface area (Å²) in [4.78, 5) is 0. The molecule has 0 saturated carbocycles. The standard InChI is InChI=1S/C10H14O/c1-10(2)6-3-4-8-5-7-11-9(8)10/h5,7H,3-4,6H2,1-2H3. The van der Waals surface area contributed by atoms with Gasteiger partial charge < -0.3 is 4.42 Å². The van der Waals surface area contributed by atoms with Gasteiger partial charge in [-0.2, -0.15) is 0 Å². The van der Waals surface area contributed by atoms with Crippen LogP contribution in [0.4, 0.5) is 0 Å². The van der Waals surface area contributed by atoms with Crippen LogP contribution in [0.2, 0.25) is 0 Å². The summed E-state index contributed by atoms with van der Waals surface area (Å²) in [6.07, 6.45) is 5.58. The number of hydrogen-bond acceptors (Lipinski definition) is 1. The highest BCUT2D eigenvalue weighted by molar-refractivity contribution is 5.26. The molecule has 1 heterocycles. The van der Waals surface area contributed by atoms with Crippen LogP contribution in [0.1, 0.15) is 38.0 Å². The molecule has 0 saturated heterocycles. The molecule has 0 atom stereocenters. The molecule has 0 fully saturated rings. The second-order valence-corrected chi connectivity index (χ2v) is 4.01. The van der Waals surface area contributed by atoms with Gasteiger partial charge in [-0.15, -0.1) is 0 Å². The van der Waals surface area contributed by atoms with E-state index in [1.165, 1.54) is 30.6 Å². The van der Waals surface area contributed by atoms with Gasteiger partial charge in [-0.25, -0.2) is 0 Å². The molecule has 0 aromatic carbocycles. The molecule has 0 radical (unpaired) electrons. The maximum absolute atomic E-state index is 5.47. The van der Waals surface area contributed by atoms with E-state index in [-0.39, 0.29) is 5.41 Å². The summed E-state index contributed by atoms with van der Waals surface area (Å²) in [6, 6.07) is 2.11. The van der Waals surface area contributed by atoms with Crippen LogP contribution in [-0.2, 0) is 11.8 Å². The Kier molecular flexibility index (Phi) is 1.35. The van der Waals surface area contributed by atoms with Gasteiger partial charge >= 0.3 is 0 Å². The van der Waals surface area contributed by atoms with Gasteiger partial charge in [-0.3, -0.25) is 0 Å². The maximum atomic E-state index is 5.47. The Morgan fingerprint density at radius 2 is 2.27 bits per heavy atom. The smallest absolute Gasteiger partial charge is 0.112 e. The zero-order valence-corrected chi connectivity index (χ0v) is 7.18. The second-order valence-electron chi connectivity index (χ2n) is 4.01. The number of fused-ring (bicyclic) bond motifs is 1. The molecule has 60 valence electrons. The molecular formula is C10H14O. The fourth-order valence-corrected chi connectivity index (χ4v) is 1.96. The van der Waals surface area contributed by atoms with Crippen LogP contribution in [0.25, 0.3) is 0 Å². The minimum absolute atomic E-state index is 0.275. The van der Waals surface area contributed by atoms with Crippen LogP contribution >= 0.6 is 0 Å². The Balaban J connectivity index is 2.48. The lowest BCUT2D eigenvalue weighted by atomic mass is 9.78. The summed E-state index contributed by atoms with van der Waals surface area (Å²) in [5.41, 5.74) is 1.69. The summed E-state index contributed by atoms with van der Waals surface area (Å²) < 4.78 is 5.47. The fourth-order valence-electron chi connectivity index (χ4n) is 1.96. The van der Waals surface area contributed by atoms with Crippen LogP contribution in [-0.4, -0.2) is 0 Å². The third-order valence-electron chi connectivity index (χ3n) is 2.61. The molecule has 2 rings (SSSR count). The average molecular weight is 150 g/mol. The lowest BCUT2D eigenvalue weighted by Gasteiger charge is -2.27. The van der Waals surface area contributed by atoms with Crippen molar-refractivity contribution < 1.29 is 4.42 Å². The van der Waals surface area contributed by atoms with Gasteiger partial charge in [0.15, 0.2) is 0 Å². The molecule has 0 spiro atoms. The Bertz CT molecular complexity index is 258. The van der Waals surface area contributed by atoms with E-state index in [4.69, 9.17) is 4.42 Å². The molecule has 1 heteroatoms. The monoisotopic (exact) mass is 150 g/mol. The molecule has 0 amide bonds. The summed E-state index contributed by atoms with van der Waals surface area (Å²) in [5, 5.41) is 0. The Morgan fingerprint density at radius 1 is 1.45 bits per heavy atom. The summed E-state index contributed by atoms with van der Waals surface area (Å²) in [6.45, 7) is 4.52. The summed E-state index contributed by atoms with van der Waals surface area (Å²) in [5.74, 6) is 1.21. The van der Waals surface area contributed by atoms with Crippen molar-refractivity contribution in [1.29, 1.82) is 0 Å². The van der Waals surface area contributed by atoms with Gasteiger partial charge in [0, 0.05) is 5.41 Å².